The number of likely N-dealkylation sites (tertiary alicyclic amines) is 1. The first-order valence-electron chi connectivity index (χ1n) is 13.6. The van der Waals surface area contributed by atoms with Gasteiger partial charge in [-0.3, -0.25) is 9.20 Å². The van der Waals surface area contributed by atoms with E-state index in [0.717, 1.165) is 10.9 Å². The highest BCUT2D eigenvalue weighted by atomic mass is 35.5. The second kappa shape index (κ2) is 11.6. The second-order valence-electron chi connectivity index (χ2n) is 11.2. The van der Waals surface area contributed by atoms with Crippen molar-refractivity contribution in [3.8, 4) is 17.0 Å². The van der Waals surface area contributed by atoms with Crippen molar-refractivity contribution < 1.29 is 22.8 Å². The van der Waals surface area contributed by atoms with E-state index >= 15 is 0 Å². The maximum Gasteiger partial charge on any atom is 0.255 e. The Morgan fingerprint density at radius 2 is 1.93 bits per heavy atom. The van der Waals surface area contributed by atoms with Crippen LogP contribution in [0.25, 0.3) is 16.9 Å². The molecule has 0 spiro atoms. The maximum atomic E-state index is 14.8. The fourth-order valence-electron chi connectivity index (χ4n) is 5.29. The Labute approximate surface area is 243 Å². The van der Waals surface area contributed by atoms with Gasteiger partial charge in [0.05, 0.1) is 56.8 Å². The summed E-state index contributed by atoms with van der Waals surface area (Å²) in [4.78, 5) is 23.6. The standard InChI is InChI=1S/C30H33ClF2N6O2/c1-37(13-9-19-10-15-39(2,3)16-11-19)30(40)21-6-5-20(17-23(21)31)36-28-29-35-18-24(38(29)14-12-34-28)22-7-8-25(41-4)27(33)26(22)32/h5-8,12,14,17-19H,9-11,13,15-16H2,1-4H3/p+1. The van der Waals surface area contributed by atoms with Crippen LogP contribution in [0.4, 0.5) is 20.3 Å². The number of carbonyl (C=O) groups is 1. The van der Waals surface area contributed by atoms with Crippen molar-refractivity contribution in [2.45, 2.75) is 19.3 Å². The number of benzene rings is 2. The molecule has 0 atom stereocenters. The maximum absolute atomic E-state index is 14.8. The average molecular weight is 584 g/mol. The molecule has 1 aliphatic rings. The number of quaternary nitrogens is 1. The minimum absolute atomic E-state index is 0.0365. The summed E-state index contributed by atoms with van der Waals surface area (Å²) in [6.07, 6.45) is 7.93. The molecule has 0 unspecified atom stereocenters. The zero-order valence-corrected chi connectivity index (χ0v) is 24.4. The summed E-state index contributed by atoms with van der Waals surface area (Å²) in [5.74, 6) is -1.38. The monoisotopic (exact) mass is 583 g/mol. The highest BCUT2D eigenvalue weighted by Crippen LogP contribution is 2.32. The van der Waals surface area contributed by atoms with Gasteiger partial charge in [0.1, 0.15) is 0 Å². The molecule has 1 N–H and O–H groups in total. The molecule has 0 radical (unpaired) electrons. The molecule has 5 rings (SSSR count). The molecule has 1 fully saturated rings. The number of halogens is 3. The molecule has 2 aromatic carbocycles. The van der Waals surface area contributed by atoms with Gasteiger partial charge in [0.25, 0.3) is 5.91 Å². The molecule has 0 bridgehead atoms. The minimum Gasteiger partial charge on any atom is -0.494 e. The molecule has 3 heterocycles. The van der Waals surface area contributed by atoms with Crippen LogP contribution in [-0.4, -0.2) is 77.5 Å². The third-order valence-corrected chi connectivity index (χ3v) is 8.25. The van der Waals surface area contributed by atoms with Crippen LogP contribution in [0.3, 0.4) is 0 Å². The number of hydrogen-bond donors (Lipinski definition) is 1. The lowest BCUT2D eigenvalue weighted by Gasteiger charge is -2.37. The third kappa shape index (κ3) is 5.99. The number of nitrogens with one attached hydrogen (secondary N) is 1. The normalized spacial score (nSPS) is 15.2. The Hall–Kier alpha value is -3.76. The van der Waals surface area contributed by atoms with E-state index in [0.29, 0.717) is 45.9 Å². The SMILES string of the molecule is COc1ccc(-c2cnc3c(Nc4ccc(C(=O)N(C)CCC5CC[N+](C)(C)CC5)c(Cl)c4)nccn23)c(F)c1F. The Kier molecular flexibility index (Phi) is 8.15. The predicted molar refractivity (Wildman–Crippen MR) is 156 cm³/mol. The van der Waals surface area contributed by atoms with Gasteiger partial charge in [0.2, 0.25) is 5.82 Å². The van der Waals surface area contributed by atoms with E-state index in [9.17, 15) is 13.6 Å². The van der Waals surface area contributed by atoms with Crippen LogP contribution in [-0.2, 0) is 0 Å². The van der Waals surface area contributed by atoms with Crippen LogP contribution in [0.5, 0.6) is 5.75 Å². The van der Waals surface area contributed by atoms with Crippen LogP contribution in [0.2, 0.25) is 5.02 Å². The quantitative estimate of drug-likeness (QED) is 0.257. The van der Waals surface area contributed by atoms with Gasteiger partial charge in [-0.25, -0.2) is 14.4 Å². The number of amides is 1. The van der Waals surface area contributed by atoms with Crippen molar-refractivity contribution in [2.24, 2.45) is 5.92 Å². The zero-order chi connectivity index (χ0) is 29.3. The van der Waals surface area contributed by atoms with Crippen molar-refractivity contribution in [3.63, 3.8) is 0 Å². The number of aromatic nitrogens is 3. The van der Waals surface area contributed by atoms with Crippen LogP contribution < -0.4 is 10.1 Å². The highest BCUT2D eigenvalue weighted by molar-refractivity contribution is 6.34. The molecule has 1 amide bonds. The molecule has 2 aromatic heterocycles. The molecule has 1 saturated heterocycles. The van der Waals surface area contributed by atoms with E-state index in [2.05, 4.69) is 29.4 Å². The Balaban J connectivity index is 1.29. The molecular weight excluding hydrogens is 550 g/mol. The first kappa shape index (κ1) is 28.8. The van der Waals surface area contributed by atoms with Gasteiger partial charge in [-0.1, -0.05) is 11.6 Å². The van der Waals surface area contributed by atoms with Crippen molar-refractivity contribution in [2.75, 3.05) is 53.2 Å². The van der Waals surface area contributed by atoms with Gasteiger partial charge >= 0.3 is 0 Å². The third-order valence-electron chi connectivity index (χ3n) is 7.94. The van der Waals surface area contributed by atoms with E-state index in [4.69, 9.17) is 16.3 Å². The van der Waals surface area contributed by atoms with Crippen LogP contribution in [0.15, 0.2) is 48.9 Å². The lowest BCUT2D eigenvalue weighted by molar-refractivity contribution is -0.896. The molecule has 8 nitrogen and oxygen atoms in total. The van der Waals surface area contributed by atoms with Crippen molar-refractivity contribution in [1.82, 2.24) is 19.3 Å². The Bertz CT molecular complexity index is 1580. The van der Waals surface area contributed by atoms with Gasteiger partial charge in [-0.2, -0.15) is 4.39 Å². The second-order valence-corrected chi connectivity index (χ2v) is 11.6. The number of ether oxygens (including phenoxy) is 1. The Morgan fingerprint density at radius 1 is 1.17 bits per heavy atom. The number of anilines is 2. The lowest BCUT2D eigenvalue weighted by Crippen LogP contribution is -2.46. The smallest absolute Gasteiger partial charge is 0.255 e. The number of carbonyl (C=O) groups excluding carboxylic acids is 1. The number of fused-ring (bicyclic) bond motifs is 1. The van der Waals surface area contributed by atoms with Crippen LogP contribution in [0.1, 0.15) is 29.6 Å². The molecule has 1 aliphatic heterocycles. The summed E-state index contributed by atoms with van der Waals surface area (Å²) >= 11 is 6.56. The number of methoxy groups -OCH3 is 1. The molecular formula is C30H34ClF2N6O2+. The molecule has 41 heavy (non-hydrogen) atoms. The van der Waals surface area contributed by atoms with Gasteiger partial charge in [-0.05, 0) is 55.5 Å². The summed E-state index contributed by atoms with van der Waals surface area (Å²) in [6, 6.07) is 7.91. The van der Waals surface area contributed by atoms with Crippen molar-refractivity contribution in [1.29, 1.82) is 0 Å². The van der Waals surface area contributed by atoms with Gasteiger partial charge < -0.3 is 19.4 Å². The predicted octanol–water partition coefficient (Wildman–Crippen LogP) is 6.03. The summed E-state index contributed by atoms with van der Waals surface area (Å²) in [6.45, 7) is 3.02. The zero-order valence-electron chi connectivity index (χ0n) is 23.6. The topological polar surface area (TPSA) is 71.8 Å². The number of nitrogens with zero attached hydrogens (tertiary/aromatic N) is 5. The summed E-state index contributed by atoms with van der Waals surface area (Å²) in [5, 5.41) is 3.49. The van der Waals surface area contributed by atoms with Crippen molar-refractivity contribution in [3.05, 3.63) is 71.1 Å². The summed E-state index contributed by atoms with van der Waals surface area (Å²) in [5.41, 5.74) is 1.81. The number of rotatable bonds is 8. The number of hydrogen-bond acceptors (Lipinski definition) is 5. The first-order chi connectivity index (χ1) is 19.6. The number of imidazole rings is 1. The summed E-state index contributed by atoms with van der Waals surface area (Å²) < 4.78 is 36.7. The molecule has 11 heteroatoms. The average Bonchev–Trinajstić information content (AvgIpc) is 3.38. The van der Waals surface area contributed by atoms with Crippen molar-refractivity contribution >= 4 is 34.7 Å². The lowest BCUT2D eigenvalue weighted by atomic mass is 9.92. The fraction of sp³-hybridized carbons (Fsp3) is 0.367. The molecule has 4 aromatic rings. The van der Waals surface area contributed by atoms with Gasteiger partial charge in [-0.15, -0.1) is 0 Å². The minimum atomic E-state index is -1.07. The van der Waals surface area contributed by atoms with Crippen LogP contribution >= 0.6 is 11.6 Å². The van der Waals surface area contributed by atoms with E-state index < -0.39 is 11.6 Å². The highest BCUT2D eigenvalue weighted by Gasteiger charge is 2.27. The van der Waals surface area contributed by atoms with E-state index in [-0.39, 0.29) is 17.2 Å². The van der Waals surface area contributed by atoms with E-state index in [1.807, 2.05) is 7.05 Å². The molecule has 216 valence electrons. The summed E-state index contributed by atoms with van der Waals surface area (Å²) in [7, 11) is 7.62. The number of piperidine rings is 1. The fourth-order valence-corrected chi connectivity index (χ4v) is 5.55. The van der Waals surface area contributed by atoms with Gasteiger partial charge in [0, 0.05) is 37.2 Å². The first-order valence-corrected chi connectivity index (χ1v) is 13.9. The van der Waals surface area contributed by atoms with E-state index in [1.165, 1.54) is 57.6 Å². The van der Waals surface area contributed by atoms with Crippen LogP contribution in [0, 0.1) is 17.6 Å². The van der Waals surface area contributed by atoms with Gasteiger partial charge in [0.15, 0.2) is 23.0 Å². The largest absolute Gasteiger partial charge is 0.494 e. The molecule has 0 aliphatic carbocycles. The Morgan fingerprint density at radius 3 is 2.63 bits per heavy atom. The van der Waals surface area contributed by atoms with E-state index in [1.54, 1.807) is 33.7 Å². The molecule has 0 saturated carbocycles.